The highest BCUT2D eigenvalue weighted by Crippen LogP contribution is 2.37. The van der Waals surface area contributed by atoms with E-state index in [9.17, 15) is 5.11 Å². The first-order chi connectivity index (χ1) is 8.17. The lowest BCUT2D eigenvalue weighted by Gasteiger charge is -2.40. The molecule has 0 saturated carbocycles. The van der Waals surface area contributed by atoms with Crippen LogP contribution in [-0.4, -0.2) is 32.0 Å². The molecule has 1 aliphatic rings. The summed E-state index contributed by atoms with van der Waals surface area (Å²) in [5.41, 5.74) is 1.40. The number of benzene rings is 1. The quantitative estimate of drug-likeness (QED) is 0.851. The van der Waals surface area contributed by atoms with Gasteiger partial charge < -0.3 is 14.6 Å². The van der Waals surface area contributed by atoms with Crippen LogP contribution in [0, 0.1) is 5.41 Å². The van der Waals surface area contributed by atoms with E-state index in [1.54, 1.807) is 7.11 Å². The van der Waals surface area contributed by atoms with Crippen molar-refractivity contribution in [3.8, 4) is 5.75 Å². The van der Waals surface area contributed by atoms with Crippen molar-refractivity contribution in [2.24, 2.45) is 5.41 Å². The van der Waals surface area contributed by atoms with Crippen molar-refractivity contribution in [1.29, 1.82) is 0 Å². The maximum absolute atomic E-state index is 9.52. The average molecular weight is 236 g/mol. The van der Waals surface area contributed by atoms with Crippen molar-refractivity contribution < 1.29 is 14.6 Å². The van der Waals surface area contributed by atoms with Gasteiger partial charge in [-0.2, -0.15) is 0 Å². The van der Waals surface area contributed by atoms with E-state index in [2.05, 4.69) is 6.92 Å². The number of hydrogen-bond donors (Lipinski definition) is 1. The molecule has 0 amide bonds. The molecule has 1 fully saturated rings. The van der Waals surface area contributed by atoms with Gasteiger partial charge >= 0.3 is 0 Å². The predicted octanol–water partition coefficient (Wildman–Crippen LogP) is 2.20. The maximum Gasteiger partial charge on any atom is 0.118 e. The van der Waals surface area contributed by atoms with Gasteiger partial charge in [0.05, 0.1) is 20.3 Å². The Morgan fingerprint density at radius 1 is 1.35 bits per heavy atom. The van der Waals surface area contributed by atoms with Crippen LogP contribution in [0.4, 0.5) is 0 Å². The average Bonchev–Trinajstić information content (AvgIpc) is 2.34. The van der Waals surface area contributed by atoms with E-state index in [1.807, 2.05) is 24.3 Å². The number of aliphatic hydroxyl groups excluding tert-OH is 1. The van der Waals surface area contributed by atoms with Crippen molar-refractivity contribution >= 4 is 0 Å². The van der Waals surface area contributed by atoms with Crippen LogP contribution >= 0.6 is 0 Å². The number of rotatable bonds is 5. The smallest absolute Gasteiger partial charge is 0.118 e. The Bertz CT molecular complexity index is 354. The fourth-order valence-corrected chi connectivity index (χ4v) is 2.33. The van der Waals surface area contributed by atoms with Gasteiger partial charge in [0, 0.05) is 17.9 Å². The standard InChI is InChI=1S/C14H20O3/c1-14(9-17-10-14)7-12(8-15)11-3-5-13(16-2)6-4-11/h3-6,12,15H,7-10H2,1-2H3. The third-order valence-electron chi connectivity index (χ3n) is 3.45. The Morgan fingerprint density at radius 3 is 2.41 bits per heavy atom. The number of hydrogen-bond acceptors (Lipinski definition) is 3. The third kappa shape index (κ3) is 2.79. The molecule has 1 heterocycles. The molecule has 1 aromatic carbocycles. The van der Waals surface area contributed by atoms with Gasteiger partial charge in [-0.1, -0.05) is 19.1 Å². The van der Waals surface area contributed by atoms with E-state index >= 15 is 0 Å². The Kier molecular flexibility index (Phi) is 3.69. The summed E-state index contributed by atoms with van der Waals surface area (Å²) in [5, 5.41) is 9.52. The third-order valence-corrected chi connectivity index (χ3v) is 3.45. The molecule has 1 atom stereocenters. The van der Waals surface area contributed by atoms with Crippen LogP contribution in [0.15, 0.2) is 24.3 Å². The van der Waals surface area contributed by atoms with E-state index in [0.29, 0.717) is 0 Å². The summed E-state index contributed by atoms with van der Waals surface area (Å²) in [7, 11) is 1.66. The Labute approximate surface area is 102 Å². The topological polar surface area (TPSA) is 38.7 Å². The minimum absolute atomic E-state index is 0.182. The van der Waals surface area contributed by atoms with Gasteiger partial charge in [-0.25, -0.2) is 0 Å². The Balaban J connectivity index is 2.05. The zero-order valence-electron chi connectivity index (χ0n) is 10.5. The SMILES string of the molecule is COc1ccc(C(CO)CC2(C)COC2)cc1. The molecule has 94 valence electrons. The van der Waals surface area contributed by atoms with Crippen LogP contribution in [0.25, 0.3) is 0 Å². The largest absolute Gasteiger partial charge is 0.497 e. The molecule has 1 N–H and O–H groups in total. The van der Waals surface area contributed by atoms with Crippen LogP contribution in [-0.2, 0) is 4.74 Å². The van der Waals surface area contributed by atoms with Crippen molar-refractivity contribution in [1.82, 2.24) is 0 Å². The van der Waals surface area contributed by atoms with Crippen LogP contribution in [0.3, 0.4) is 0 Å². The molecule has 3 nitrogen and oxygen atoms in total. The molecule has 1 saturated heterocycles. The van der Waals surface area contributed by atoms with E-state index in [0.717, 1.165) is 25.4 Å². The van der Waals surface area contributed by atoms with Crippen LogP contribution in [0.2, 0.25) is 0 Å². The summed E-state index contributed by atoms with van der Waals surface area (Å²) in [6, 6.07) is 7.94. The van der Waals surface area contributed by atoms with Crippen molar-refractivity contribution in [2.75, 3.05) is 26.9 Å². The van der Waals surface area contributed by atoms with E-state index in [4.69, 9.17) is 9.47 Å². The highest BCUT2D eigenvalue weighted by Gasteiger charge is 2.35. The normalized spacial score (nSPS) is 19.5. The van der Waals surface area contributed by atoms with E-state index in [1.165, 1.54) is 5.56 Å². The molecule has 0 aromatic heterocycles. The minimum Gasteiger partial charge on any atom is -0.497 e. The second-order valence-electron chi connectivity index (χ2n) is 5.16. The predicted molar refractivity (Wildman–Crippen MR) is 66.4 cm³/mol. The fraction of sp³-hybridized carbons (Fsp3) is 0.571. The molecule has 0 aliphatic carbocycles. The van der Waals surface area contributed by atoms with Gasteiger partial charge in [0.1, 0.15) is 5.75 Å². The van der Waals surface area contributed by atoms with Crippen molar-refractivity contribution in [2.45, 2.75) is 19.3 Å². The lowest BCUT2D eigenvalue weighted by molar-refractivity contribution is -0.110. The first-order valence-electron chi connectivity index (χ1n) is 5.99. The molecule has 17 heavy (non-hydrogen) atoms. The summed E-state index contributed by atoms with van der Waals surface area (Å²) in [6.45, 7) is 4.00. The van der Waals surface area contributed by atoms with Crippen LogP contribution in [0.1, 0.15) is 24.8 Å². The Morgan fingerprint density at radius 2 is 2.00 bits per heavy atom. The summed E-state index contributed by atoms with van der Waals surface area (Å²) < 4.78 is 10.4. The van der Waals surface area contributed by atoms with Gasteiger partial charge in [0.25, 0.3) is 0 Å². The lowest BCUT2D eigenvalue weighted by atomic mass is 9.77. The van der Waals surface area contributed by atoms with E-state index in [-0.39, 0.29) is 17.9 Å². The van der Waals surface area contributed by atoms with Crippen LogP contribution < -0.4 is 4.74 Å². The second kappa shape index (κ2) is 5.07. The van der Waals surface area contributed by atoms with Gasteiger partial charge in [-0.05, 0) is 24.1 Å². The molecule has 1 unspecified atom stereocenters. The zero-order valence-corrected chi connectivity index (χ0v) is 10.5. The minimum atomic E-state index is 0.182. The van der Waals surface area contributed by atoms with E-state index < -0.39 is 0 Å². The van der Waals surface area contributed by atoms with Gasteiger partial charge in [-0.15, -0.1) is 0 Å². The maximum atomic E-state index is 9.52. The summed E-state index contributed by atoms with van der Waals surface area (Å²) in [6.07, 6.45) is 0.968. The lowest BCUT2D eigenvalue weighted by Crippen LogP contribution is -2.41. The Hall–Kier alpha value is -1.06. The van der Waals surface area contributed by atoms with Gasteiger partial charge in [0.15, 0.2) is 0 Å². The monoisotopic (exact) mass is 236 g/mol. The molecule has 1 aromatic rings. The van der Waals surface area contributed by atoms with Gasteiger partial charge in [-0.3, -0.25) is 0 Å². The van der Waals surface area contributed by atoms with Crippen LogP contribution in [0.5, 0.6) is 5.75 Å². The molecule has 2 rings (SSSR count). The zero-order chi connectivity index (χ0) is 12.3. The highest BCUT2D eigenvalue weighted by atomic mass is 16.5. The molecule has 0 bridgehead atoms. The molecule has 3 heteroatoms. The highest BCUT2D eigenvalue weighted by molar-refractivity contribution is 5.29. The number of methoxy groups -OCH3 is 1. The number of aliphatic hydroxyl groups is 1. The molecular formula is C14H20O3. The number of ether oxygens (including phenoxy) is 2. The first-order valence-corrected chi connectivity index (χ1v) is 5.99. The molecule has 0 spiro atoms. The molecule has 0 radical (unpaired) electrons. The van der Waals surface area contributed by atoms with Crippen molar-refractivity contribution in [3.63, 3.8) is 0 Å². The second-order valence-corrected chi connectivity index (χ2v) is 5.16. The molecule has 1 aliphatic heterocycles. The fourth-order valence-electron chi connectivity index (χ4n) is 2.33. The first kappa shape index (κ1) is 12.4. The van der Waals surface area contributed by atoms with Gasteiger partial charge in [0.2, 0.25) is 0 Å². The summed E-state index contributed by atoms with van der Waals surface area (Å²) >= 11 is 0. The van der Waals surface area contributed by atoms with Crippen molar-refractivity contribution in [3.05, 3.63) is 29.8 Å². The molecular weight excluding hydrogens is 216 g/mol. The summed E-state index contributed by atoms with van der Waals surface area (Å²) in [5.74, 6) is 1.04. The summed E-state index contributed by atoms with van der Waals surface area (Å²) in [4.78, 5) is 0.